The van der Waals surface area contributed by atoms with Crippen molar-refractivity contribution in [3.05, 3.63) is 11.4 Å². The van der Waals surface area contributed by atoms with Crippen molar-refractivity contribution < 1.29 is 13.2 Å². The molecule has 6 nitrogen and oxygen atoms in total. The minimum absolute atomic E-state index is 0.00110. The van der Waals surface area contributed by atoms with Crippen LogP contribution in [-0.4, -0.2) is 35.7 Å². The van der Waals surface area contributed by atoms with Gasteiger partial charge in [-0.3, -0.25) is 4.79 Å². The van der Waals surface area contributed by atoms with Crippen LogP contribution in [0, 0.1) is 25.7 Å². The molecule has 144 valence electrons. The van der Waals surface area contributed by atoms with Crippen LogP contribution < -0.4 is 5.32 Å². The van der Waals surface area contributed by atoms with Gasteiger partial charge in [0.15, 0.2) is 0 Å². The summed E-state index contributed by atoms with van der Waals surface area (Å²) < 4.78 is 27.1. The number of hydrogen-bond acceptors (Lipinski definition) is 4. The van der Waals surface area contributed by atoms with Crippen molar-refractivity contribution in [2.45, 2.75) is 79.1 Å². The highest BCUT2D eigenvalue weighted by Gasteiger charge is 2.27. The predicted molar refractivity (Wildman–Crippen MR) is 100 cm³/mol. The Morgan fingerprint density at radius 3 is 2.20 bits per heavy atom. The van der Waals surface area contributed by atoms with Crippen molar-refractivity contribution in [2.24, 2.45) is 11.8 Å². The van der Waals surface area contributed by atoms with Crippen LogP contribution in [-0.2, 0) is 21.2 Å². The monoisotopic (exact) mass is 371 g/mol. The van der Waals surface area contributed by atoms with Crippen LogP contribution in [0.2, 0.25) is 0 Å². The lowest BCUT2D eigenvalue weighted by molar-refractivity contribution is -0.119. The maximum absolute atomic E-state index is 12.7. The number of hydrogen-bond donors (Lipinski definition) is 1. The van der Waals surface area contributed by atoms with E-state index in [4.69, 9.17) is 0 Å². The van der Waals surface area contributed by atoms with E-state index in [1.807, 2.05) is 27.7 Å². The first-order valence-corrected chi connectivity index (χ1v) is 10.6. The first-order chi connectivity index (χ1) is 11.4. The summed E-state index contributed by atoms with van der Waals surface area (Å²) in [4.78, 5) is 16.4. The molecule has 1 heterocycles. The average Bonchev–Trinajstić information content (AvgIpc) is 2.73. The van der Waals surface area contributed by atoms with Gasteiger partial charge in [0, 0.05) is 18.3 Å². The van der Waals surface area contributed by atoms with Gasteiger partial charge in [0.1, 0.15) is 5.75 Å². The van der Waals surface area contributed by atoms with E-state index in [0.717, 1.165) is 18.5 Å². The van der Waals surface area contributed by atoms with Crippen LogP contribution in [0.3, 0.4) is 0 Å². The lowest BCUT2D eigenvalue weighted by Crippen LogP contribution is -2.37. The fraction of sp³-hybridized carbons (Fsp3) is 0.778. The molecule has 0 aliphatic rings. The molecule has 25 heavy (non-hydrogen) atoms. The Kier molecular flexibility index (Phi) is 7.65. The van der Waals surface area contributed by atoms with E-state index in [1.54, 1.807) is 11.5 Å². The van der Waals surface area contributed by atoms with E-state index >= 15 is 0 Å². The number of sulfone groups is 1. The standard InChI is InChI=1S/C18H33N3O3S/c1-12(2)8-9-14(5)19-17(22)11-25(23,24)18-20-15(6)16(7)21(18)10-13(3)4/h12-14H,8-11H2,1-7H3,(H,19,22)/t14-/m1/s1. The fourth-order valence-electron chi connectivity index (χ4n) is 2.65. The van der Waals surface area contributed by atoms with Gasteiger partial charge in [-0.2, -0.15) is 0 Å². The van der Waals surface area contributed by atoms with Crippen LogP contribution in [0.15, 0.2) is 5.16 Å². The van der Waals surface area contributed by atoms with E-state index < -0.39 is 21.5 Å². The van der Waals surface area contributed by atoms with Gasteiger partial charge in [-0.1, -0.05) is 27.7 Å². The molecule has 0 fully saturated rings. The Labute approximate surface area is 152 Å². The third-order valence-corrected chi connectivity index (χ3v) is 5.66. The van der Waals surface area contributed by atoms with E-state index in [2.05, 4.69) is 24.1 Å². The smallest absolute Gasteiger partial charge is 0.235 e. The summed E-state index contributed by atoms with van der Waals surface area (Å²) in [6.07, 6.45) is 1.83. The van der Waals surface area contributed by atoms with E-state index in [1.165, 1.54) is 0 Å². The van der Waals surface area contributed by atoms with Crippen molar-refractivity contribution in [3.8, 4) is 0 Å². The number of imidazole rings is 1. The second-order valence-electron chi connectivity index (χ2n) is 7.77. The largest absolute Gasteiger partial charge is 0.353 e. The van der Waals surface area contributed by atoms with Crippen molar-refractivity contribution >= 4 is 15.7 Å². The number of aromatic nitrogens is 2. The van der Waals surface area contributed by atoms with Gasteiger partial charge >= 0.3 is 0 Å². The highest BCUT2D eigenvalue weighted by molar-refractivity contribution is 7.92. The molecule has 0 saturated heterocycles. The lowest BCUT2D eigenvalue weighted by Gasteiger charge is -2.16. The third-order valence-electron chi connectivity index (χ3n) is 4.15. The number of aryl methyl sites for hydroxylation is 1. The van der Waals surface area contributed by atoms with E-state index in [9.17, 15) is 13.2 Å². The van der Waals surface area contributed by atoms with Crippen LogP contribution in [0.4, 0.5) is 0 Å². The molecule has 0 aliphatic heterocycles. The summed E-state index contributed by atoms with van der Waals surface area (Å²) in [6.45, 7) is 14.4. The quantitative estimate of drug-likeness (QED) is 0.724. The molecule has 0 bridgehead atoms. The zero-order valence-corrected chi connectivity index (χ0v) is 17.4. The number of nitrogens with zero attached hydrogens (tertiary/aromatic N) is 2. The van der Waals surface area contributed by atoms with Gasteiger partial charge in [-0.15, -0.1) is 0 Å². The van der Waals surface area contributed by atoms with Crippen molar-refractivity contribution in [3.63, 3.8) is 0 Å². The average molecular weight is 372 g/mol. The molecule has 0 saturated carbocycles. The first-order valence-electron chi connectivity index (χ1n) is 8.99. The molecule has 1 amide bonds. The summed E-state index contributed by atoms with van der Waals surface area (Å²) >= 11 is 0. The van der Waals surface area contributed by atoms with Crippen LogP contribution in [0.1, 0.15) is 58.8 Å². The van der Waals surface area contributed by atoms with E-state index in [-0.39, 0.29) is 17.1 Å². The summed E-state index contributed by atoms with van der Waals surface area (Å²) in [5, 5.41) is 2.79. The van der Waals surface area contributed by atoms with Crippen molar-refractivity contribution in [2.75, 3.05) is 5.75 Å². The van der Waals surface area contributed by atoms with Crippen molar-refractivity contribution in [1.82, 2.24) is 14.9 Å². The van der Waals surface area contributed by atoms with Gasteiger partial charge < -0.3 is 9.88 Å². The molecule has 7 heteroatoms. The predicted octanol–water partition coefficient (Wildman–Crippen LogP) is 2.87. The third kappa shape index (κ3) is 6.45. The Morgan fingerprint density at radius 1 is 1.08 bits per heavy atom. The van der Waals surface area contributed by atoms with Crippen molar-refractivity contribution in [1.29, 1.82) is 0 Å². The molecule has 0 unspecified atom stereocenters. The maximum atomic E-state index is 12.7. The minimum atomic E-state index is -3.77. The maximum Gasteiger partial charge on any atom is 0.235 e. The second-order valence-corrected chi connectivity index (χ2v) is 9.65. The van der Waals surface area contributed by atoms with Crippen LogP contribution in [0.5, 0.6) is 0 Å². The van der Waals surface area contributed by atoms with Gasteiger partial charge in [0.05, 0.1) is 5.69 Å². The zero-order chi connectivity index (χ0) is 19.4. The fourth-order valence-corrected chi connectivity index (χ4v) is 4.03. The highest BCUT2D eigenvalue weighted by atomic mass is 32.2. The van der Waals surface area contributed by atoms with Gasteiger partial charge in [-0.05, 0) is 45.4 Å². The Balaban J connectivity index is 2.88. The lowest BCUT2D eigenvalue weighted by atomic mass is 10.0. The SMILES string of the molecule is Cc1nc(S(=O)(=O)CC(=O)N[C@H](C)CCC(C)C)n(CC(C)C)c1C. The molecule has 0 aliphatic carbocycles. The first kappa shape index (κ1) is 21.7. The molecule has 1 aromatic heterocycles. The molecule has 0 radical (unpaired) electrons. The van der Waals surface area contributed by atoms with Crippen LogP contribution >= 0.6 is 0 Å². The molecule has 0 aromatic carbocycles. The Morgan fingerprint density at radius 2 is 1.68 bits per heavy atom. The summed E-state index contributed by atoms with van der Waals surface area (Å²) in [6, 6.07) is -0.0380. The molecule has 1 atom stereocenters. The topological polar surface area (TPSA) is 81.1 Å². The molecular weight excluding hydrogens is 338 g/mol. The second kappa shape index (κ2) is 8.83. The summed E-state index contributed by atoms with van der Waals surface area (Å²) in [5.41, 5.74) is 1.52. The number of rotatable bonds is 9. The minimum Gasteiger partial charge on any atom is -0.353 e. The zero-order valence-electron chi connectivity index (χ0n) is 16.6. The van der Waals surface area contributed by atoms with Gasteiger partial charge in [0.25, 0.3) is 0 Å². The molecule has 1 rings (SSSR count). The number of nitrogens with one attached hydrogen (secondary N) is 1. The number of amides is 1. The van der Waals surface area contributed by atoms with E-state index in [0.29, 0.717) is 18.2 Å². The number of carbonyl (C=O) groups is 1. The number of carbonyl (C=O) groups excluding carboxylic acids is 1. The Hall–Kier alpha value is -1.37. The van der Waals surface area contributed by atoms with Gasteiger partial charge in [-0.25, -0.2) is 13.4 Å². The summed E-state index contributed by atoms with van der Waals surface area (Å²) in [5.74, 6) is -0.193. The highest BCUT2D eigenvalue weighted by Crippen LogP contribution is 2.18. The molecule has 0 spiro atoms. The molecular formula is C18H33N3O3S. The molecule has 1 N–H and O–H groups in total. The summed E-state index contributed by atoms with van der Waals surface area (Å²) in [7, 11) is -3.77. The normalized spacial score (nSPS) is 13.5. The molecule has 1 aromatic rings. The van der Waals surface area contributed by atoms with Crippen LogP contribution in [0.25, 0.3) is 0 Å². The Bertz CT molecular complexity index is 691. The van der Waals surface area contributed by atoms with Gasteiger partial charge in [0.2, 0.25) is 20.9 Å².